The van der Waals surface area contributed by atoms with E-state index in [4.69, 9.17) is 9.47 Å². The quantitative estimate of drug-likeness (QED) is 0.808. The van der Waals surface area contributed by atoms with Gasteiger partial charge in [0.05, 0.1) is 6.61 Å². The highest BCUT2D eigenvalue weighted by Gasteiger charge is 2.22. The molecule has 0 spiro atoms. The second kappa shape index (κ2) is 7.78. The lowest BCUT2D eigenvalue weighted by Gasteiger charge is -2.21. The van der Waals surface area contributed by atoms with Gasteiger partial charge in [0.2, 0.25) is 0 Å². The summed E-state index contributed by atoms with van der Waals surface area (Å²) in [5.74, 6) is 1.38. The third-order valence-electron chi connectivity index (χ3n) is 3.99. The summed E-state index contributed by atoms with van der Waals surface area (Å²) in [4.78, 5) is 0. The van der Waals surface area contributed by atoms with E-state index in [2.05, 4.69) is 18.3 Å². The summed E-state index contributed by atoms with van der Waals surface area (Å²) in [6.07, 6.45) is 0.596. The van der Waals surface area contributed by atoms with Crippen molar-refractivity contribution in [2.75, 3.05) is 26.4 Å². The van der Waals surface area contributed by atoms with Gasteiger partial charge in [0.25, 0.3) is 0 Å². The van der Waals surface area contributed by atoms with Crippen LogP contribution in [0.15, 0.2) is 18.2 Å². The van der Waals surface area contributed by atoms with Gasteiger partial charge in [-0.3, -0.25) is 0 Å². The van der Waals surface area contributed by atoms with Crippen molar-refractivity contribution in [1.29, 1.82) is 0 Å². The minimum atomic E-state index is -0.504. The molecule has 0 bridgehead atoms. The predicted octanol–water partition coefficient (Wildman–Crippen LogP) is 2.06. The summed E-state index contributed by atoms with van der Waals surface area (Å²) in [5.41, 5.74) is 2.35. The number of ether oxygens (including phenoxy) is 2. The molecule has 3 atom stereocenters. The first-order valence-electron chi connectivity index (χ1n) is 7.75. The largest absolute Gasteiger partial charge is 0.491 e. The number of aliphatic hydroxyl groups is 1. The van der Waals surface area contributed by atoms with Gasteiger partial charge in [0.15, 0.2) is 0 Å². The van der Waals surface area contributed by atoms with Gasteiger partial charge in [-0.05, 0) is 56.4 Å². The lowest BCUT2D eigenvalue weighted by atomic mass is 10.0. The molecule has 1 aliphatic heterocycles. The van der Waals surface area contributed by atoms with E-state index in [0.717, 1.165) is 25.4 Å². The molecule has 1 fully saturated rings. The molecule has 0 aliphatic carbocycles. The standard InChI is InChI=1S/C17H27NO3/c1-12-6-13(2)8-17(7-12)21-11-16(19)9-18-14(3)15-4-5-20-10-15/h6-8,14-16,18-19H,4-5,9-11H2,1-3H3. The Balaban J connectivity index is 1.70. The van der Waals surface area contributed by atoms with Gasteiger partial charge in [-0.2, -0.15) is 0 Å². The number of aryl methyl sites for hydroxylation is 2. The molecule has 2 N–H and O–H groups in total. The molecule has 21 heavy (non-hydrogen) atoms. The van der Waals surface area contributed by atoms with Crippen LogP contribution in [0.4, 0.5) is 0 Å². The number of rotatable bonds is 7. The van der Waals surface area contributed by atoms with Gasteiger partial charge in [-0.15, -0.1) is 0 Å². The third kappa shape index (κ3) is 5.30. The Bertz CT molecular complexity index is 423. The summed E-state index contributed by atoms with van der Waals surface area (Å²) in [5, 5.41) is 13.4. The summed E-state index contributed by atoms with van der Waals surface area (Å²) < 4.78 is 11.1. The minimum absolute atomic E-state index is 0.309. The van der Waals surface area contributed by atoms with Crippen LogP contribution in [-0.4, -0.2) is 43.6 Å². The first-order valence-corrected chi connectivity index (χ1v) is 7.75. The Morgan fingerprint density at radius 2 is 2.05 bits per heavy atom. The topological polar surface area (TPSA) is 50.7 Å². The average molecular weight is 293 g/mol. The Morgan fingerprint density at radius 3 is 2.67 bits per heavy atom. The van der Waals surface area contributed by atoms with E-state index in [1.807, 2.05) is 26.0 Å². The van der Waals surface area contributed by atoms with Crippen molar-refractivity contribution < 1.29 is 14.6 Å². The van der Waals surface area contributed by atoms with Crippen LogP contribution >= 0.6 is 0 Å². The molecule has 118 valence electrons. The van der Waals surface area contributed by atoms with Crippen LogP contribution in [0.3, 0.4) is 0 Å². The molecule has 4 heteroatoms. The Hall–Kier alpha value is -1.10. The highest BCUT2D eigenvalue weighted by molar-refractivity contribution is 5.32. The zero-order valence-corrected chi connectivity index (χ0v) is 13.3. The van der Waals surface area contributed by atoms with E-state index >= 15 is 0 Å². The van der Waals surface area contributed by atoms with Crippen LogP contribution in [0.1, 0.15) is 24.5 Å². The van der Waals surface area contributed by atoms with E-state index in [1.54, 1.807) is 0 Å². The van der Waals surface area contributed by atoms with Crippen LogP contribution in [0.2, 0.25) is 0 Å². The normalized spacial score (nSPS) is 21.2. The molecule has 0 saturated carbocycles. The number of hydrogen-bond donors (Lipinski definition) is 2. The van der Waals surface area contributed by atoms with Crippen molar-refractivity contribution in [2.24, 2.45) is 5.92 Å². The maximum Gasteiger partial charge on any atom is 0.119 e. The summed E-state index contributed by atoms with van der Waals surface area (Å²) in [7, 11) is 0. The van der Waals surface area contributed by atoms with Crippen LogP contribution < -0.4 is 10.1 Å². The minimum Gasteiger partial charge on any atom is -0.491 e. The average Bonchev–Trinajstić information content (AvgIpc) is 2.95. The van der Waals surface area contributed by atoms with Gasteiger partial charge >= 0.3 is 0 Å². The molecule has 0 aromatic heterocycles. The molecule has 1 heterocycles. The molecule has 1 aromatic rings. The van der Waals surface area contributed by atoms with E-state index in [9.17, 15) is 5.11 Å². The molecule has 4 nitrogen and oxygen atoms in total. The van der Waals surface area contributed by atoms with Crippen LogP contribution in [0, 0.1) is 19.8 Å². The van der Waals surface area contributed by atoms with Crippen LogP contribution in [0.25, 0.3) is 0 Å². The molecular formula is C17H27NO3. The SMILES string of the molecule is Cc1cc(C)cc(OCC(O)CNC(C)C2CCOC2)c1. The van der Waals surface area contributed by atoms with Gasteiger partial charge in [-0.1, -0.05) is 6.07 Å². The Labute approximate surface area is 127 Å². The van der Waals surface area contributed by atoms with Crippen LogP contribution in [-0.2, 0) is 4.74 Å². The molecule has 0 radical (unpaired) electrons. The maximum atomic E-state index is 10.0. The second-order valence-electron chi connectivity index (χ2n) is 6.11. The summed E-state index contributed by atoms with van der Waals surface area (Å²) in [6, 6.07) is 6.45. The van der Waals surface area contributed by atoms with Crippen LogP contribution in [0.5, 0.6) is 5.75 Å². The molecule has 0 amide bonds. The molecule has 1 saturated heterocycles. The molecule has 3 unspecified atom stereocenters. The van der Waals surface area contributed by atoms with Gasteiger partial charge < -0.3 is 19.9 Å². The second-order valence-corrected chi connectivity index (χ2v) is 6.11. The lowest BCUT2D eigenvalue weighted by molar-refractivity contribution is 0.100. The molecule has 1 aliphatic rings. The molecule has 1 aromatic carbocycles. The molecular weight excluding hydrogens is 266 g/mol. The van der Waals surface area contributed by atoms with Gasteiger partial charge in [-0.25, -0.2) is 0 Å². The Kier molecular flexibility index (Phi) is 6.03. The predicted molar refractivity (Wildman–Crippen MR) is 83.8 cm³/mol. The monoisotopic (exact) mass is 293 g/mol. The first-order chi connectivity index (χ1) is 10.0. The van der Waals surface area contributed by atoms with E-state index in [1.165, 1.54) is 11.1 Å². The first kappa shape index (κ1) is 16.3. The fourth-order valence-corrected chi connectivity index (χ4v) is 2.70. The number of benzene rings is 1. The highest BCUT2D eigenvalue weighted by atomic mass is 16.5. The number of aliphatic hydroxyl groups excluding tert-OH is 1. The number of nitrogens with one attached hydrogen (secondary N) is 1. The third-order valence-corrected chi connectivity index (χ3v) is 3.99. The number of hydrogen-bond acceptors (Lipinski definition) is 4. The van der Waals surface area contributed by atoms with Crippen molar-refractivity contribution in [3.05, 3.63) is 29.3 Å². The van der Waals surface area contributed by atoms with Gasteiger partial charge in [0.1, 0.15) is 18.5 Å². The van der Waals surface area contributed by atoms with Crippen molar-refractivity contribution in [2.45, 2.75) is 39.3 Å². The maximum absolute atomic E-state index is 10.0. The van der Waals surface area contributed by atoms with E-state index in [-0.39, 0.29) is 0 Å². The lowest BCUT2D eigenvalue weighted by Crippen LogP contribution is -2.40. The van der Waals surface area contributed by atoms with Crippen molar-refractivity contribution >= 4 is 0 Å². The summed E-state index contributed by atoms with van der Waals surface area (Å²) >= 11 is 0. The van der Waals surface area contributed by atoms with Crippen molar-refractivity contribution in [1.82, 2.24) is 5.32 Å². The summed E-state index contributed by atoms with van der Waals surface area (Å²) in [6.45, 7) is 8.77. The zero-order valence-electron chi connectivity index (χ0n) is 13.3. The Morgan fingerprint density at radius 1 is 1.33 bits per heavy atom. The van der Waals surface area contributed by atoms with Crippen molar-refractivity contribution in [3.63, 3.8) is 0 Å². The smallest absolute Gasteiger partial charge is 0.119 e. The fraction of sp³-hybridized carbons (Fsp3) is 0.647. The molecule has 2 rings (SSSR count). The fourth-order valence-electron chi connectivity index (χ4n) is 2.70. The van der Waals surface area contributed by atoms with Crippen molar-refractivity contribution in [3.8, 4) is 5.75 Å². The van der Waals surface area contributed by atoms with E-state index < -0.39 is 6.10 Å². The van der Waals surface area contributed by atoms with Gasteiger partial charge in [0, 0.05) is 19.2 Å². The van der Waals surface area contributed by atoms with E-state index in [0.29, 0.717) is 25.1 Å². The highest BCUT2D eigenvalue weighted by Crippen LogP contribution is 2.17. The zero-order chi connectivity index (χ0) is 15.2.